The van der Waals surface area contributed by atoms with Gasteiger partial charge in [0.05, 0.1) is 16.7 Å². The van der Waals surface area contributed by atoms with Crippen LogP contribution in [-0.2, 0) is 4.74 Å². The minimum Gasteiger partial charge on any atom is -0.459 e. The minimum atomic E-state index is -0.434. The van der Waals surface area contributed by atoms with E-state index in [1.165, 1.54) is 0 Å². The SMILES string of the molecule is CC(C)OC(=O)c1cc(NC(=S)SC(C)C)ccc1Cl. The van der Waals surface area contributed by atoms with E-state index in [0.29, 0.717) is 20.2 Å². The van der Waals surface area contributed by atoms with Gasteiger partial charge in [-0.25, -0.2) is 4.79 Å². The van der Waals surface area contributed by atoms with Crippen molar-refractivity contribution in [3.63, 3.8) is 0 Å². The predicted molar refractivity (Wildman–Crippen MR) is 91.0 cm³/mol. The number of anilines is 1. The van der Waals surface area contributed by atoms with Crippen LogP contribution in [0.5, 0.6) is 0 Å². The summed E-state index contributed by atoms with van der Waals surface area (Å²) >= 11 is 12.8. The van der Waals surface area contributed by atoms with E-state index in [2.05, 4.69) is 19.2 Å². The first-order chi connectivity index (χ1) is 9.29. The summed E-state index contributed by atoms with van der Waals surface area (Å²) in [6.45, 7) is 7.71. The highest BCUT2D eigenvalue weighted by atomic mass is 35.5. The molecule has 0 aromatic heterocycles. The van der Waals surface area contributed by atoms with Crippen LogP contribution in [0.15, 0.2) is 18.2 Å². The third-order valence-corrected chi connectivity index (χ3v) is 3.63. The van der Waals surface area contributed by atoms with Crippen molar-refractivity contribution in [2.75, 3.05) is 5.32 Å². The molecular weight excluding hydrogens is 314 g/mol. The maximum absolute atomic E-state index is 11.9. The van der Waals surface area contributed by atoms with Crippen molar-refractivity contribution >= 4 is 51.6 Å². The lowest BCUT2D eigenvalue weighted by Gasteiger charge is -2.12. The van der Waals surface area contributed by atoms with Crippen molar-refractivity contribution < 1.29 is 9.53 Å². The van der Waals surface area contributed by atoms with Crippen molar-refractivity contribution in [1.82, 2.24) is 0 Å². The molecule has 1 aromatic rings. The fourth-order valence-electron chi connectivity index (χ4n) is 1.40. The number of rotatable bonds is 4. The number of hydrogen-bond donors (Lipinski definition) is 1. The molecule has 0 spiro atoms. The van der Waals surface area contributed by atoms with Crippen LogP contribution in [0.4, 0.5) is 5.69 Å². The van der Waals surface area contributed by atoms with Gasteiger partial charge in [-0.05, 0) is 32.0 Å². The molecule has 0 aliphatic rings. The molecule has 0 unspecified atom stereocenters. The smallest absolute Gasteiger partial charge is 0.339 e. The predicted octanol–water partition coefficient (Wildman–Crippen LogP) is 4.74. The van der Waals surface area contributed by atoms with E-state index >= 15 is 0 Å². The fraction of sp³-hybridized carbons (Fsp3) is 0.429. The number of carbonyl (C=O) groups is 1. The summed E-state index contributed by atoms with van der Waals surface area (Å²) in [4.78, 5) is 11.9. The van der Waals surface area contributed by atoms with E-state index in [9.17, 15) is 4.79 Å². The number of ether oxygens (including phenoxy) is 1. The third-order valence-electron chi connectivity index (χ3n) is 2.12. The second kappa shape index (κ2) is 7.86. The Balaban J connectivity index is 2.86. The first kappa shape index (κ1) is 17.3. The maximum atomic E-state index is 11.9. The Hall–Kier alpha value is -0.780. The fourth-order valence-corrected chi connectivity index (χ4v) is 2.89. The zero-order chi connectivity index (χ0) is 15.3. The molecule has 0 amide bonds. The second-order valence-corrected chi connectivity index (χ2v) is 7.39. The zero-order valence-corrected chi connectivity index (χ0v) is 14.3. The van der Waals surface area contributed by atoms with Crippen LogP contribution >= 0.6 is 35.6 Å². The van der Waals surface area contributed by atoms with Gasteiger partial charge in [-0.1, -0.05) is 49.4 Å². The summed E-state index contributed by atoms with van der Waals surface area (Å²) in [6.07, 6.45) is -0.187. The molecule has 1 N–H and O–H groups in total. The van der Waals surface area contributed by atoms with Gasteiger partial charge in [-0.15, -0.1) is 0 Å². The summed E-state index contributed by atoms with van der Waals surface area (Å²) in [6, 6.07) is 5.09. The summed E-state index contributed by atoms with van der Waals surface area (Å²) in [5.74, 6) is -0.434. The Morgan fingerprint density at radius 3 is 2.55 bits per heavy atom. The molecule has 0 aliphatic carbocycles. The highest BCUT2D eigenvalue weighted by Gasteiger charge is 2.14. The van der Waals surface area contributed by atoms with Crippen molar-refractivity contribution in [3.8, 4) is 0 Å². The molecule has 0 saturated heterocycles. The molecule has 0 aliphatic heterocycles. The second-order valence-electron chi connectivity index (χ2n) is 4.73. The number of thioether (sulfide) groups is 1. The molecule has 6 heteroatoms. The van der Waals surface area contributed by atoms with Crippen LogP contribution in [0, 0.1) is 0 Å². The highest BCUT2D eigenvalue weighted by Crippen LogP contribution is 2.23. The van der Waals surface area contributed by atoms with Gasteiger partial charge in [0.15, 0.2) is 0 Å². The van der Waals surface area contributed by atoms with Gasteiger partial charge < -0.3 is 10.1 Å². The molecule has 0 saturated carbocycles. The van der Waals surface area contributed by atoms with Crippen LogP contribution in [0.3, 0.4) is 0 Å². The number of thiocarbonyl (C=S) groups is 1. The number of nitrogens with one attached hydrogen (secondary N) is 1. The van der Waals surface area contributed by atoms with Crippen molar-refractivity contribution in [2.24, 2.45) is 0 Å². The number of esters is 1. The summed E-state index contributed by atoms with van der Waals surface area (Å²) in [7, 11) is 0. The lowest BCUT2D eigenvalue weighted by atomic mass is 10.2. The van der Waals surface area contributed by atoms with Crippen LogP contribution in [-0.4, -0.2) is 21.6 Å². The molecule has 0 radical (unpaired) electrons. The molecule has 0 fully saturated rings. The molecule has 1 aromatic carbocycles. The minimum absolute atomic E-state index is 0.187. The Kier molecular flexibility index (Phi) is 6.79. The third kappa shape index (κ3) is 5.69. The van der Waals surface area contributed by atoms with E-state index in [1.807, 2.05) is 0 Å². The quantitative estimate of drug-likeness (QED) is 0.637. The largest absolute Gasteiger partial charge is 0.459 e. The van der Waals surface area contributed by atoms with Gasteiger partial charge in [0.2, 0.25) is 0 Å². The molecule has 20 heavy (non-hydrogen) atoms. The first-order valence-corrected chi connectivity index (χ1v) is 7.94. The van der Waals surface area contributed by atoms with Crippen molar-refractivity contribution in [2.45, 2.75) is 39.0 Å². The van der Waals surface area contributed by atoms with E-state index in [1.54, 1.807) is 43.8 Å². The van der Waals surface area contributed by atoms with Gasteiger partial charge in [-0.2, -0.15) is 0 Å². The Morgan fingerprint density at radius 1 is 1.35 bits per heavy atom. The van der Waals surface area contributed by atoms with Crippen LogP contribution < -0.4 is 5.32 Å². The molecule has 1 rings (SSSR count). The van der Waals surface area contributed by atoms with Crippen LogP contribution in [0.25, 0.3) is 0 Å². The monoisotopic (exact) mass is 331 g/mol. The topological polar surface area (TPSA) is 38.3 Å². The Labute approximate surface area is 134 Å². The van der Waals surface area contributed by atoms with Crippen molar-refractivity contribution in [1.29, 1.82) is 0 Å². The molecule has 3 nitrogen and oxygen atoms in total. The van der Waals surface area contributed by atoms with Crippen LogP contribution in [0.1, 0.15) is 38.1 Å². The number of halogens is 1. The Morgan fingerprint density at radius 2 is 2.00 bits per heavy atom. The average Bonchev–Trinajstić information content (AvgIpc) is 2.29. The maximum Gasteiger partial charge on any atom is 0.339 e. The van der Waals surface area contributed by atoms with Gasteiger partial charge in [0, 0.05) is 10.9 Å². The summed E-state index contributed by atoms with van der Waals surface area (Å²) in [5, 5.41) is 3.84. The van der Waals surface area contributed by atoms with E-state index < -0.39 is 5.97 Å². The number of hydrogen-bond acceptors (Lipinski definition) is 4. The summed E-state index contributed by atoms with van der Waals surface area (Å²) < 4.78 is 5.81. The normalized spacial score (nSPS) is 10.8. The van der Waals surface area contributed by atoms with Gasteiger partial charge in [0.25, 0.3) is 0 Å². The zero-order valence-electron chi connectivity index (χ0n) is 11.9. The van der Waals surface area contributed by atoms with Gasteiger partial charge in [0.1, 0.15) is 4.32 Å². The highest BCUT2D eigenvalue weighted by molar-refractivity contribution is 8.23. The first-order valence-electron chi connectivity index (χ1n) is 6.27. The van der Waals surface area contributed by atoms with Gasteiger partial charge >= 0.3 is 5.97 Å². The number of benzene rings is 1. The average molecular weight is 332 g/mol. The lowest BCUT2D eigenvalue weighted by Crippen LogP contribution is -2.13. The standard InChI is InChI=1S/C14H18ClNO2S2/c1-8(2)18-13(17)11-7-10(5-6-12(11)15)16-14(19)20-9(3)4/h5-9H,1-4H3,(H,16,19). The van der Waals surface area contributed by atoms with Crippen molar-refractivity contribution in [3.05, 3.63) is 28.8 Å². The van der Waals surface area contributed by atoms with E-state index in [4.69, 9.17) is 28.6 Å². The molecule has 0 heterocycles. The molecule has 0 bridgehead atoms. The van der Waals surface area contributed by atoms with Crippen LogP contribution in [0.2, 0.25) is 5.02 Å². The van der Waals surface area contributed by atoms with E-state index in [-0.39, 0.29) is 6.10 Å². The molecule has 0 atom stereocenters. The number of carbonyl (C=O) groups excluding carboxylic acids is 1. The lowest BCUT2D eigenvalue weighted by molar-refractivity contribution is 0.0378. The van der Waals surface area contributed by atoms with E-state index in [0.717, 1.165) is 5.69 Å². The summed E-state index contributed by atoms with van der Waals surface area (Å²) in [5.41, 5.74) is 1.06. The Bertz CT molecular complexity index is 504. The van der Waals surface area contributed by atoms with Gasteiger partial charge in [-0.3, -0.25) is 0 Å². The molecule has 110 valence electrons. The molecular formula is C14H18ClNO2S2.